The minimum Gasteiger partial charge on any atom is -0.317 e. The molecule has 2 rings (SSSR count). The van der Waals surface area contributed by atoms with Crippen molar-refractivity contribution in [1.82, 2.24) is 5.32 Å². The van der Waals surface area contributed by atoms with Crippen LogP contribution in [0.1, 0.15) is 18.4 Å². The van der Waals surface area contributed by atoms with E-state index in [-0.39, 0.29) is 0 Å². The average Bonchev–Trinajstić information content (AvgIpc) is 2.25. The molecule has 0 aromatic heterocycles. The van der Waals surface area contributed by atoms with Gasteiger partial charge in [0.05, 0.1) is 0 Å². The number of thioether (sulfide) groups is 1. The smallest absolute Gasteiger partial charge is 0.0435 e. The number of rotatable bonds is 2. The van der Waals surface area contributed by atoms with Crippen LogP contribution in [-0.2, 0) is 0 Å². The molecule has 0 atom stereocenters. The third-order valence-electron chi connectivity index (χ3n) is 2.72. The maximum Gasteiger partial charge on any atom is 0.0435 e. The number of benzene rings is 1. The summed E-state index contributed by atoms with van der Waals surface area (Å²) in [5.74, 6) is 0. The number of piperidine rings is 1. The second-order valence-electron chi connectivity index (χ2n) is 3.98. The Morgan fingerprint density at radius 2 is 2.07 bits per heavy atom. The van der Waals surface area contributed by atoms with E-state index in [0.717, 1.165) is 23.4 Å². The highest BCUT2D eigenvalue weighted by Crippen LogP contribution is 2.30. The van der Waals surface area contributed by atoms with E-state index in [1.807, 2.05) is 17.8 Å². The van der Waals surface area contributed by atoms with Crippen molar-refractivity contribution in [2.24, 2.45) is 0 Å². The molecule has 0 unspecified atom stereocenters. The Hall–Kier alpha value is -0.180. The van der Waals surface area contributed by atoms with Gasteiger partial charge in [-0.3, -0.25) is 0 Å². The highest BCUT2D eigenvalue weighted by atomic mass is 35.5. The number of nitrogens with one attached hydrogen (secondary N) is 1. The zero-order valence-electron chi connectivity index (χ0n) is 8.92. The van der Waals surface area contributed by atoms with Gasteiger partial charge < -0.3 is 5.32 Å². The molecule has 0 aliphatic carbocycles. The number of aryl methyl sites for hydroxylation is 1. The van der Waals surface area contributed by atoms with E-state index in [9.17, 15) is 0 Å². The van der Waals surface area contributed by atoms with Crippen molar-refractivity contribution in [1.29, 1.82) is 0 Å². The molecule has 0 radical (unpaired) electrons. The number of hydrogen-bond acceptors (Lipinski definition) is 2. The van der Waals surface area contributed by atoms with Gasteiger partial charge in [-0.2, -0.15) is 0 Å². The molecule has 1 aromatic carbocycles. The van der Waals surface area contributed by atoms with Crippen molar-refractivity contribution < 1.29 is 0 Å². The molecular formula is C12H16ClNS. The van der Waals surface area contributed by atoms with Crippen LogP contribution in [0.3, 0.4) is 0 Å². The Labute approximate surface area is 101 Å². The highest BCUT2D eigenvalue weighted by molar-refractivity contribution is 8.00. The second-order valence-corrected chi connectivity index (χ2v) is 5.76. The SMILES string of the molecule is Cc1cc(SC2CCNCC2)ccc1Cl. The number of hydrogen-bond donors (Lipinski definition) is 1. The maximum absolute atomic E-state index is 6.00. The third-order valence-corrected chi connectivity index (χ3v) is 4.47. The van der Waals surface area contributed by atoms with Crippen molar-refractivity contribution in [2.75, 3.05) is 13.1 Å². The first kappa shape index (κ1) is 11.3. The molecule has 1 fully saturated rings. The van der Waals surface area contributed by atoms with Gasteiger partial charge in [-0.15, -0.1) is 11.8 Å². The molecule has 1 aromatic rings. The summed E-state index contributed by atoms with van der Waals surface area (Å²) in [4.78, 5) is 1.35. The molecule has 3 heteroatoms. The Morgan fingerprint density at radius 3 is 2.73 bits per heavy atom. The predicted octanol–water partition coefficient (Wildman–Crippen LogP) is 3.49. The van der Waals surface area contributed by atoms with Gasteiger partial charge in [0.15, 0.2) is 0 Å². The monoisotopic (exact) mass is 241 g/mol. The molecule has 1 aliphatic rings. The minimum absolute atomic E-state index is 0.770. The molecule has 0 bridgehead atoms. The second kappa shape index (κ2) is 5.24. The van der Waals surface area contributed by atoms with Crippen molar-refractivity contribution in [3.05, 3.63) is 28.8 Å². The van der Waals surface area contributed by atoms with Crippen molar-refractivity contribution >= 4 is 23.4 Å². The molecule has 15 heavy (non-hydrogen) atoms. The summed E-state index contributed by atoms with van der Waals surface area (Å²) >= 11 is 7.99. The van der Waals surface area contributed by atoms with E-state index in [1.165, 1.54) is 23.3 Å². The maximum atomic E-state index is 6.00. The lowest BCUT2D eigenvalue weighted by atomic mass is 10.2. The van der Waals surface area contributed by atoms with Crippen molar-refractivity contribution in [3.63, 3.8) is 0 Å². The fourth-order valence-electron chi connectivity index (χ4n) is 1.80. The van der Waals surface area contributed by atoms with Gasteiger partial charge in [-0.1, -0.05) is 11.6 Å². The van der Waals surface area contributed by atoms with Crippen LogP contribution in [0.5, 0.6) is 0 Å². The molecule has 0 saturated carbocycles. The number of halogens is 1. The average molecular weight is 242 g/mol. The van der Waals surface area contributed by atoms with Crippen LogP contribution in [0.2, 0.25) is 5.02 Å². The molecule has 1 N–H and O–H groups in total. The van der Waals surface area contributed by atoms with E-state index in [1.54, 1.807) is 0 Å². The van der Waals surface area contributed by atoms with Crippen LogP contribution in [0.15, 0.2) is 23.1 Å². The van der Waals surface area contributed by atoms with Crippen molar-refractivity contribution in [3.8, 4) is 0 Å². The first-order valence-corrected chi connectivity index (χ1v) is 6.65. The van der Waals surface area contributed by atoms with Crippen LogP contribution < -0.4 is 5.32 Å². The Balaban J connectivity index is 2.00. The van der Waals surface area contributed by atoms with E-state index in [0.29, 0.717) is 0 Å². The summed E-state index contributed by atoms with van der Waals surface area (Å²) in [6.45, 7) is 4.38. The molecular weight excluding hydrogens is 226 g/mol. The topological polar surface area (TPSA) is 12.0 Å². The summed E-state index contributed by atoms with van der Waals surface area (Å²) in [6.07, 6.45) is 2.54. The van der Waals surface area contributed by atoms with Crippen LogP contribution in [0, 0.1) is 6.92 Å². The van der Waals surface area contributed by atoms with Crippen LogP contribution >= 0.6 is 23.4 Å². The third kappa shape index (κ3) is 3.13. The molecule has 1 nitrogen and oxygen atoms in total. The quantitative estimate of drug-likeness (QED) is 0.851. The van der Waals surface area contributed by atoms with E-state index >= 15 is 0 Å². The molecule has 1 heterocycles. The van der Waals surface area contributed by atoms with E-state index < -0.39 is 0 Å². The molecule has 82 valence electrons. The van der Waals surface area contributed by atoms with Gasteiger partial charge in [-0.25, -0.2) is 0 Å². The molecule has 1 aliphatic heterocycles. The van der Waals surface area contributed by atoms with Crippen LogP contribution in [-0.4, -0.2) is 18.3 Å². The lowest BCUT2D eigenvalue weighted by molar-refractivity contribution is 0.531. The lowest BCUT2D eigenvalue weighted by Crippen LogP contribution is -2.29. The molecule has 1 saturated heterocycles. The summed E-state index contributed by atoms with van der Waals surface area (Å²) in [5.41, 5.74) is 1.18. The van der Waals surface area contributed by atoms with Crippen molar-refractivity contribution in [2.45, 2.75) is 29.9 Å². The summed E-state index contributed by atoms with van der Waals surface area (Å²) in [7, 11) is 0. The van der Waals surface area contributed by atoms with Gasteiger partial charge in [0.1, 0.15) is 0 Å². The standard InChI is InChI=1S/C12H16ClNS/c1-9-8-11(2-3-12(9)13)15-10-4-6-14-7-5-10/h2-3,8,10,14H,4-7H2,1H3. The first-order valence-electron chi connectivity index (χ1n) is 5.39. The lowest BCUT2D eigenvalue weighted by Gasteiger charge is -2.22. The predicted molar refractivity (Wildman–Crippen MR) is 67.9 cm³/mol. The normalized spacial score (nSPS) is 18.0. The zero-order valence-corrected chi connectivity index (χ0v) is 10.5. The van der Waals surface area contributed by atoms with Gasteiger partial charge in [0, 0.05) is 15.2 Å². The Morgan fingerprint density at radius 1 is 1.33 bits per heavy atom. The summed E-state index contributed by atoms with van der Waals surface area (Å²) in [6, 6.07) is 6.32. The highest BCUT2D eigenvalue weighted by Gasteiger charge is 2.14. The molecule has 0 amide bonds. The Kier molecular flexibility index (Phi) is 3.95. The van der Waals surface area contributed by atoms with Gasteiger partial charge in [0.25, 0.3) is 0 Å². The largest absolute Gasteiger partial charge is 0.317 e. The van der Waals surface area contributed by atoms with E-state index in [2.05, 4.69) is 24.4 Å². The zero-order chi connectivity index (χ0) is 10.7. The van der Waals surface area contributed by atoms with Gasteiger partial charge >= 0.3 is 0 Å². The Bertz CT molecular complexity index is 334. The summed E-state index contributed by atoms with van der Waals surface area (Å²) in [5, 5.41) is 5.02. The summed E-state index contributed by atoms with van der Waals surface area (Å²) < 4.78 is 0. The van der Waals surface area contributed by atoms with Gasteiger partial charge in [0.2, 0.25) is 0 Å². The first-order chi connectivity index (χ1) is 7.25. The van der Waals surface area contributed by atoms with E-state index in [4.69, 9.17) is 11.6 Å². The fraction of sp³-hybridized carbons (Fsp3) is 0.500. The fourth-order valence-corrected chi connectivity index (χ4v) is 3.16. The van der Waals surface area contributed by atoms with Crippen LogP contribution in [0.25, 0.3) is 0 Å². The minimum atomic E-state index is 0.770. The van der Waals surface area contributed by atoms with Crippen LogP contribution in [0.4, 0.5) is 0 Å². The molecule has 0 spiro atoms. The van der Waals surface area contributed by atoms with Gasteiger partial charge in [-0.05, 0) is 56.6 Å².